The van der Waals surface area contributed by atoms with Crippen molar-refractivity contribution in [3.05, 3.63) is 83.4 Å². The molecule has 1 aromatic heterocycles. The van der Waals surface area contributed by atoms with E-state index in [-0.39, 0.29) is 24.3 Å². The fraction of sp³-hybridized carbons (Fsp3) is 0.370. The predicted molar refractivity (Wildman–Crippen MR) is 139 cm³/mol. The normalized spacial score (nSPS) is 14.7. The minimum atomic E-state index is -0.564. The van der Waals surface area contributed by atoms with Crippen LogP contribution in [0.4, 0.5) is 0 Å². The number of hydrogen-bond acceptors (Lipinski definition) is 6. The molecular formula is C27H32N4O3S. The highest BCUT2D eigenvalue weighted by molar-refractivity contribution is 7.98. The molecule has 0 saturated carbocycles. The Morgan fingerprint density at radius 1 is 1.23 bits per heavy atom. The van der Waals surface area contributed by atoms with Gasteiger partial charge in [0.05, 0.1) is 18.9 Å². The summed E-state index contributed by atoms with van der Waals surface area (Å²) in [6, 6.07) is 13.2. The van der Waals surface area contributed by atoms with Gasteiger partial charge in [-0.2, -0.15) is 11.8 Å². The molecule has 8 heteroatoms. The minimum Gasteiger partial charge on any atom is -0.483 e. The zero-order chi connectivity index (χ0) is 24.6. The largest absolute Gasteiger partial charge is 0.483 e. The molecule has 0 aliphatic heterocycles. The van der Waals surface area contributed by atoms with Crippen molar-refractivity contribution in [3.63, 3.8) is 0 Å². The van der Waals surface area contributed by atoms with Gasteiger partial charge in [0.15, 0.2) is 5.78 Å². The summed E-state index contributed by atoms with van der Waals surface area (Å²) < 4.78 is 8.60. The second-order valence-electron chi connectivity index (χ2n) is 8.73. The number of aromatic nitrogens is 2. The average molecular weight is 493 g/mol. The van der Waals surface area contributed by atoms with Gasteiger partial charge in [0, 0.05) is 36.5 Å². The molecule has 1 aliphatic carbocycles. The van der Waals surface area contributed by atoms with E-state index in [1.807, 2.05) is 59.5 Å². The standard InChI is InChI=1S/C27H32N4O3S/c1-35-15-12-23(28)27(33)30-16-22-20-8-5-9-24(32)21(20)10-11-25(22)34-26(17-31-14-13-29-18-31)19-6-3-2-4-7-19/h2-4,6-7,10-11,13-14,18,23,26H,5,8-9,12,15-17,28H2,1H3,(H,30,33)/t23?,26-/m1/s1. The van der Waals surface area contributed by atoms with Crippen molar-refractivity contribution in [2.75, 3.05) is 12.0 Å². The highest BCUT2D eigenvalue weighted by Gasteiger charge is 2.25. The van der Waals surface area contributed by atoms with E-state index in [9.17, 15) is 9.59 Å². The summed E-state index contributed by atoms with van der Waals surface area (Å²) in [6.45, 7) is 0.843. The fourth-order valence-electron chi connectivity index (χ4n) is 4.38. The zero-order valence-electron chi connectivity index (χ0n) is 20.0. The monoisotopic (exact) mass is 492 g/mol. The quantitative estimate of drug-likeness (QED) is 0.421. The molecule has 7 nitrogen and oxygen atoms in total. The van der Waals surface area contributed by atoms with Gasteiger partial charge >= 0.3 is 0 Å². The molecule has 2 aromatic carbocycles. The van der Waals surface area contributed by atoms with Crippen LogP contribution in [0.25, 0.3) is 0 Å². The van der Waals surface area contributed by atoms with Gasteiger partial charge in [0.1, 0.15) is 11.9 Å². The van der Waals surface area contributed by atoms with E-state index in [1.54, 1.807) is 24.3 Å². The highest BCUT2D eigenvalue weighted by Crippen LogP contribution is 2.34. The first-order valence-corrected chi connectivity index (χ1v) is 13.3. The number of ether oxygens (including phenoxy) is 1. The summed E-state index contributed by atoms with van der Waals surface area (Å²) in [5.41, 5.74) is 9.66. The Hall–Kier alpha value is -3.10. The van der Waals surface area contributed by atoms with Crippen LogP contribution in [-0.2, 0) is 24.3 Å². The van der Waals surface area contributed by atoms with Crippen LogP contribution < -0.4 is 15.8 Å². The maximum absolute atomic E-state index is 12.7. The van der Waals surface area contributed by atoms with Crippen molar-refractivity contribution < 1.29 is 14.3 Å². The number of nitrogens with one attached hydrogen (secondary N) is 1. The Bertz CT molecular complexity index is 1130. The average Bonchev–Trinajstić information content (AvgIpc) is 3.39. The Kier molecular flexibility index (Phi) is 8.60. The molecule has 0 saturated heterocycles. The van der Waals surface area contributed by atoms with Gasteiger partial charge in [0.25, 0.3) is 0 Å². The van der Waals surface area contributed by atoms with Gasteiger partial charge in [0.2, 0.25) is 5.91 Å². The first-order chi connectivity index (χ1) is 17.1. The van der Waals surface area contributed by atoms with Crippen molar-refractivity contribution in [1.29, 1.82) is 0 Å². The number of carbonyl (C=O) groups excluding carboxylic acids is 2. The van der Waals surface area contributed by atoms with Crippen LogP contribution in [-0.4, -0.2) is 39.3 Å². The SMILES string of the molecule is CSCCC(N)C(=O)NCc1c(O[C@H](Cn2ccnc2)c2ccccc2)ccc2c1CCCC2=O. The molecule has 0 spiro atoms. The van der Waals surface area contributed by atoms with Crippen molar-refractivity contribution >= 4 is 23.5 Å². The van der Waals surface area contributed by atoms with Crippen LogP contribution in [0, 0.1) is 0 Å². The molecule has 4 rings (SSSR count). The molecule has 2 atom stereocenters. The van der Waals surface area contributed by atoms with E-state index in [4.69, 9.17) is 10.5 Å². The van der Waals surface area contributed by atoms with Crippen LogP contribution in [0.2, 0.25) is 0 Å². The molecule has 1 amide bonds. The Morgan fingerprint density at radius 3 is 2.80 bits per heavy atom. The Labute approximate surface area is 210 Å². The zero-order valence-corrected chi connectivity index (χ0v) is 20.8. The fourth-order valence-corrected chi connectivity index (χ4v) is 4.87. The molecule has 184 valence electrons. The molecule has 0 fully saturated rings. The van der Waals surface area contributed by atoms with Gasteiger partial charge in [-0.25, -0.2) is 4.98 Å². The second kappa shape index (κ2) is 12.0. The Morgan fingerprint density at radius 2 is 2.06 bits per heavy atom. The van der Waals surface area contributed by atoms with E-state index in [0.717, 1.165) is 40.8 Å². The molecule has 0 bridgehead atoms. The van der Waals surface area contributed by atoms with Crippen LogP contribution >= 0.6 is 11.8 Å². The Balaban J connectivity index is 1.63. The van der Waals surface area contributed by atoms with Crippen molar-refractivity contribution in [2.45, 2.75) is 50.9 Å². The number of rotatable bonds is 11. The molecule has 1 aliphatic rings. The lowest BCUT2D eigenvalue weighted by molar-refractivity contribution is -0.122. The van der Waals surface area contributed by atoms with E-state index in [0.29, 0.717) is 25.1 Å². The molecular weight excluding hydrogens is 460 g/mol. The van der Waals surface area contributed by atoms with E-state index < -0.39 is 6.04 Å². The van der Waals surface area contributed by atoms with Crippen molar-refractivity contribution in [2.24, 2.45) is 5.73 Å². The lowest BCUT2D eigenvalue weighted by Gasteiger charge is -2.26. The first kappa shape index (κ1) is 25.0. The maximum Gasteiger partial charge on any atom is 0.237 e. The van der Waals surface area contributed by atoms with Crippen LogP contribution in [0.1, 0.15) is 52.4 Å². The molecule has 3 N–H and O–H groups in total. The van der Waals surface area contributed by atoms with Crippen molar-refractivity contribution in [1.82, 2.24) is 14.9 Å². The van der Waals surface area contributed by atoms with Gasteiger partial charge in [-0.1, -0.05) is 30.3 Å². The molecule has 1 heterocycles. The number of nitrogens with zero attached hydrogens (tertiary/aromatic N) is 2. The number of benzene rings is 2. The van der Waals surface area contributed by atoms with Gasteiger partial charge in [-0.05, 0) is 54.5 Å². The van der Waals surface area contributed by atoms with Gasteiger partial charge in [-0.15, -0.1) is 0 Å². The third kappa shape index (κ3) is 6.32. The van der Waals surface area contributed by atoms with E-state index in [1.165, 1.54) is 0 Å². The molecule has 1 unspecified atom stereocenters. The maximum atomic E-state index is 12.7. The summed E-state index contributed by atoms with van der Waals surface area (Å²) in [4.78, 5) is 29.4. The lowest BCUT2D eigenvalue weighted by Crippen LogP contribution is -2.40. The van der Waals surface area contributed by atoms with E-state index in [2.05, 4.69) is 10.3 Å². The van der Waals surface area contributed by atoms with E-state index >= 15 is 0 Å². The number of fused-ring (bicyclic) bond motifs is 1. The third-order valence-electron chi connectivity index (χ3n) is 6.30. The summed E-state index contributed by atoms with van der Waals surface area (Å²) >= 11 is 1.67. The number of nitrogens with two attached hydrogens (primary N) is 1. The number of hydrogen-bond donors (Lipinski definition) is 2. The van der Waals surface area contributed by atoms with Gasteiger partial charge < -0.3 is 20.4 Å². The summed E-state index contributed by atoms with van der Waals surface area (Å²) in [7, 11) is 0. The van der Waals surface area contributed by atoms with Gasteiger partial charge in [-0.3, -0.25) is 9.59 Å². The second-order valence-corrected chi connectivity index (χ2v) is 9.71. The summed E-state index contributed by atoms with van der Waals surface area (Å²) in [5, 5.41) is 2.99. The summed E-state index contributed by atoms with van der Waals surface area (Å²) in [5.74, 6) is 1.44. The first-order valence-electron chi connectivity index (χ1n) is 11.9. The summed E-state index contributed by atoms with van der Waals surface area (Å²) in [6.07, 6.45) is 9.86. The van der Waals surface area contributed by atoms with Crippen LogP contribution in [0.15, 0.2) is 61.2 Å². The topological polar surface area (TPSA) is 99.2 Å². The lowest BCUT2D eigenvalue weighted by atomic mass is 9.86. The number of imidazole rings is 1. The molecule has 0 radical (unpaired) electrons. The minimum absolute atomic E-state index is 0.139. The number of amides is 1. The number of ketones is 1. The number of carbonyl (C=O) groups is 2. The number of Topliss-reactive ketones (excluding diaryl/α,β-unsaturated/α-hetero) is 1. The molecule has 35 heavy (non-hydrogen) atoms. The third-order valence-corrected chi connectivity index (χ3v) is 6.95. The highest BCUT2D eigenvalue weighted by atomic mass is 32.2. The van der Waals surface area contributed by atoms with Crippen LogP contribution in [0.3, 0.4) is 0 Å². The predicted octanol–water partition coefficient (Wildman–Crippen LogP) is 3.92. The smallest absolute Gasteiger partial charge is 0.237 e. The number of thioether (sulfide) groups is 1. The molecule has 3 aromatic rings. The van der Waals surface area contributed by atoms with Crippen LogP contribution in [0.5, 0.6) is 5.75 Å². The van der Waals surface area contributed by atoms with Crippen molar-refractivity contribution in [3.8, 4) is 5.75 Å².